The van der Waals surface area contributed by atoms with Gasteiger partial charge in [-0.3, -0.25) is 14.4 Å². The van der Waals surface area contributed by atoms with Crippen molar-refractivity contribution in [3.8, 4) is 0 Å². The van der Waals surface area contributed by atoms with Crippen LogP contribution in [0.1, 0.15) is 41.9 Å². The number of anilines is 1. The van der Waals surface area contributed by atoms with E-state index in [1.165, 1.54) is 18.2 Å². The minimum atomic E-state index is -0.500. The van der Waals surface area contributed by atoms with Crippen LogP contribution in [0.5, 0.6) is 0 Å². The van der Waals surface area contributed by atoms with Crippen LogP contribution in [0.15, 0.2) is 41.7 Å². The fraction of sp³-hybridized carbons (Fsp3) is 0.435. The van der Waals surface area contributed by atoms with Crippen LogP contribution in [0.4, 0.5) is 5.69 Å². The normalized spacial score (nSPS) is 18.2. The summed E-state index contributed by atoms with van der Waals surface area (Å²) < 4.78 is 1.91. The van der Waals surface area contributed by atoms with E-state index in [9.17, 15) is 14.4 Å². The maximum Gasteiger partial charge on any atom is 0.262 e. The lowest BCUT2D eigenvalue weighted by atomic mass is 10.1. The maximum atomic E-state index is 12.6. The maximum absolute atomic E-state index is 12.6. The summed E-state index contributed by atoms with van der Waals surface area (Å²) in [5.41, 5.74) is 0.971. The lowest BCUT2D eigenvalue weighted by molar-refractivity contribution is -0.121. The molecule has 1 aromatic carbocycles. The molecule has 10 heteroatoms. The van der Waals surface area contributed by atoms with Crippen molar-refractivity contribution < 1.29 is 14.4 Å². The fourth-order valence-electron chi connectivity index (χ4n) is 3.88. The summed E-state index contributed by atoms with van der Waals surface area (Å²) in [6.45, 7) is 2.28. The molecule has 1 saturated heterocycles. The van der Waals surface area contributed by atoms with E-state index in [0.717, 1.165) is 36.9 Å². The number of nitrogens with one attached hydrogen (secondary N) is 2. The first kappa shape index (κ1) is 23.0. The van der Waals surface area contributed by atoms with Crippen LogP contribution in [0.25, 0.3) is 0 Å². The average Bonchev–Trinajstić information content (AvgIpc) is 3.39. The molecule has 2 aromatic rings. The van der Waals surface area contributed by atoms with Crippen LogP contribution in [0, 0.1) is 0 Å². The number of rotatable bonds is 7. The highest BCUT2D eigenvalue weighted by atomic mass is 32.2. The third-order valence-electron chi connectivity index (χ3n) is 5.69. The van der Waals surface area contributed by atoms with Crippen LogP contribution < -0.4 is 10.6 Å². The van der Waals surface area contributed by atoms with Crippen molar-refractivity contribution in [2.75, 3.05) is 25.0 Å². The van der Waals surface area contributed by atoms with Gasteiger partial charge in [-0.25, -0.2) is 4.98 Å². The van der Waals surface area contributed by atoms with Gasteiger partial charge in [-0.15, -0.1) is 0 Å². The van der Waals surface area contributed by atoms with Crippen molar-refractivity contribution in [1.29, 1.82) is 0 Å². The molecule has 0 spiro atoms. The highest BCUT2D eigenvalue weighted by molar-refractivity contribution is 8.15. The molecule has 0 bridgehead atoms. The Hall–Kier alpha value is -3.14. The number of aryl methyl sites for hydroxylation is 1. The summed E-state index contributed by atoms with van der Waals surface area (Å²) >= 11 is 1.38. The van der Waals surface area contributed by atoms with Gasteiger partial charge in [0.05, 0.1) is 0 Å². The number of hydrogen-bond donors (Lipinski definition) is 2. The molecule has 1 atom stereocenters. The lowest BCUT2D eigenvalue weighted by Gasteiger charge is -2.27. The summed E-state index contributed by atoms with van der Waals surface area (Å²) in [6.07, 6.45) is 7.67. The molecule has 9 nitrogen and oxygen atoms in total. The predicted octanol–water partition coefficient (Wildman–Crippen LogP) is 2.21. The topological polar surface area (TPSA) is 109 Å². The van der Waals surface area contributed by atoms with E-state index in [2.05, 4.69) is 25.5 Å². The van der Waals surface area contributed by atoms with E-state index in [4.69, 9.17) is 0 Å². The number of amidine groups is 1. The van der Waals surface area contributed by atoms with Gasteiger partial charge >= 0.3 is 0 Å². The smallest absolute Gasteiger partial charge is 0.262 e. The summed E-state index contributed by atoms with van der Waals surface area (Å²) in [7, 11) is 1.91. The molecular formula is C23H28N6O3S. The Kier molecular flexibility index (Phi) is 7.43. The number of hydrogen-bond acceptors (Lipinski definition) is 6. The van der Waals surface area contributed by atoms with Gasteiger partial charge in [-0.1, -0.05) is 17.8 Å². The molecule has 1 unspecified atom stereocenters. The van der Waals surface area contributed by atoms with Crippen molar-refractivity contribution in [3.05, 3.63) is 48.0 Å². The molecule has 0 saturated carbocycles. The molecule has 0 aliphatic carbocycles. The number of amides is 3. The number of thioether (sulfide) groups is 1. The fourth-order valence-corrected chi connectivity index (χ4v) is 4.99. The Balaban J connectivity index is 1.26. The number of likely N-dealkylation sites (tertiary alicyclic amines) is 1. The van der Waals surface area contributed by atoms with Crippen molar-refractivity contribution in [3.63, 3.8) is 0 Å². The highest BCUT2D eigenvalue weighted by Gasteiger charge is 2.33. The molecule has 3 heterocycles. The molecule has 174 valence electrons. The molecule has 33 heavy (non-hydrogen) atoms. The molecule has 0 radical (unpaired) electrons. The molecule has 2 aliphatic heterocycles. The summed E-state index contributed by atoms with van der Waals surface area (Å²) in [6, 6.07) is 6.77. The van der Waals surface area contributed by atoms with Crippen molar-refractivity contribution >= 4 is 40.3 Å². The standard InChI is InChI=1S/C23H28N6O3S/c1-28-13-10-24-19(28)8-9-25-21(31)16-6-5-7-17(14-16)26-20(30)15-18-22(32)27-23(33-18)29-11-3-2-4-12-29/h5-7,10,13-14,18H,2-4,8-9,11-12,15H2,1H3,(H,25,31)(H,26,30). The lowest BCUT2D eigenvalue weighted by Crippen LogP contribution is -2.33. The Morgan fingerprint density at radius 1 is 1.21 bits per heavy atom. The first-order chi connectivity index (χ1) is 16.0. The van der Waals surface area contributed by atoms with Gasteiger partial charge < -0.3 is 20.1 Å². The number of aromatic nitrogens is 2. The Labute approximate surface area is 197 Å². The Morgan fingerprint density at radius 2 is 2.03 bits per heavy atom. The van der Waals surface area contributed by atoms with Gasteiger partial charge in [0.25, 0.3) is 11.8 Å². The monoisotopic (exact) mass is 468 g/mol. The molecule has 1 fully saturated rings. The van der Waals surface area contributed by atoms with Crippen molar-refractivity contribution in [2.45, 2.75) is 37.4 Å². The van der Waals surface area contributed by atoms with Gasteiger partial charge in [-0.05, 0) is 37.5 Å². The molecule has 3 amide bonds. The molecular weight excluding hydrogens is 440 g/mol. The van der Waals surface area contributed by atoms with Crippen molar-refractivity contribution in [2.24, 2.45) is 12.0 Å². The first-order valence-electron chi connectivity index (χ1n) is 11.2. The van der Waals surface area contributed by atoms with E-state index in [1.807, 2.05) is 17.8 Å². The molecule has 2 N–H and O–H groups in total. The predicted molar refractivity (Wildman–Crippen MR) is 128 cm³/mol. The largest absolute Gasteiger partial charge is 0.352 e. The summed E-state index contributed by atoms with van der Waals surface area (Å²) in [5.74, 6) is 0.143. The van der Waals surface area contributed by atoms with Crippen LogP contribution in [0.2, 0.25) is 0 Å². The third-order valence-corrected chi connectivity index (χ3v) is 6.90. The van der Waals surface area contributed by atoms with Gasteiger partial charge in [0.15, 0.2) is 5.17 Å². The number of carbonyl (C=O) groups is 3. The Bertz CT molecular complexity index is 1060. The molecule has 4 rings (SSSR count). The number of piperidine rings is 1. The quantitative estimate of drug-likeness (QED) is 0.645. The zero-order chi connectivity index (χ0) is 23.2. The minimum Gasteiger partial charge on any atom is -0.352 e. The van der Waals surface area contributed by atoms with Gasteiger partial charge in [0, 0.05) is 63.2 Å². The van der Waals surface area contributed by atoms with E-state index in [1.54, 1.807) is 30.5 Å². The number of aliphatic imine (C=N–C) groups is 1. The zero-order valence-electron chi connectivity index (χ0n) is 18.6. The van der Waals surface area contributed by atoms with E-state index in [-0.39, 0.29) is 24.1 Å². The molecule has 1 aromatic heterocycles. The van der Waals surface area contributed by atoms with Gasteiger partial charge in [-0.2, -0.15) is 4.99 Å². The van der Waals surface area contributed by atoms with E-state index >= 15 is 0 Å². The Morgan fingerprint density at radius 3 is 2.79 bits per heavy atom. The third kappa shape index (κ3) is 6.01. The number of imidazole rings is 1. The average molecular weight is 469 g/mol. The van der Waals surface area contributed by atoms with E-state index in [0.29, 0.717) is 24.2 Å². The summed E-state index contributed by atoms with van der Waals surface area (Å²) in [5, 5.41) is 5.91. The summed E-state index contributed by atoms with van der Waals surface area (Å²) in [4.78, 5) is 47.9. The van der Waals surface area contributed by atoms with Crippen LogP contribution >= 0.6 is 11.8 Å². The number of carbonyl (C=O) groups excluding carboxylic acids is 3. The second-order valence-electron chi connectivity index (χ2n) is 8.18. The van der Waals surface area contributed by atoms with E-state index < -0.39 is 5.25 Å². The first-order valence-corrected chi connectivity index (χ1v) is 12.1. The van der Waals surface area contributed by atoms with Gasteiger partial charge in [0.1, 0.15) is 11.1 Å². The van der Waals surface area contributed by atoms with Crippen LogP contribution in [0.3, 0.4) is 0 Å². The minimum absolute atomic E-state index is 0.0461. The second-order valence-corrected chi connectivity index (χ2v) is 9.35. The highest BCUT2D eigenvalue weighted by Crippen LogP contribution is 2.29. The van der Waals surface area contributed by atoms with Crippen LogP contribution in [-0.4, -0.2) is 62.2 Å². The second kappa shape index (κ2) is 10.7. The SMILES string of the molecule is Cn1ccnc1CCNC(=O)c1cccc(NC(=O)CC2SC(N3CCCCC3)=NC2=O)c1. The van der Waals surface area contributed by atoms with Gasteiger partial charge in [0.2, 0.25) is 5.91 Å². The number of benzene rings is 1. The van der Waals surface area contributed by atoms with Crippen LogP contribution in [-0.2, 0) is 23.1 Å². The molecule has 2 aliphatic rings. The number of nitrogens with zero attached hydrogens (tertiary/aromatic N) is 4. The van der Waals surface area contributed by atoms with Crippen molar-refractivity contribution in [1.82, 2.24) is 19.8 Å². The zero-order valence-corrected chi connectivity index (χ0v) is 19.4.